The number of carbonyl (C=O) groups is 3. The van der Waals surface area contributed by atoms with Crippen LogP contribution in [0.3, 0.4) is 0 Å². The second kappa shape index (κ2) is 8.41. The number of benzene rings is 1. The number of aliphatic imine (C=N–C) groups is 1. The molecule has 0 spiro atoms. The Balaban J connectivity index is 1.50. The van der Waals surface area contributed by atoms with Gasteiger partial charge in [0, 0.05) is 32.0 Å². The molecule has 0 aromatic heterocycles. The van der Waals surface area contributed by atoms with Crippen molar-refractivity contribution in [2.45, 2.75) is 38.9 Å². The molecule has 1 fully saturated rings. The summed E-state index contributed by atoms with van der Waals surface area (Å²) in [6.07, 6.45) is 2.14. The van der Waals surface area contributed by atoms with E-state index in [1.165, 1.54) is 10.5 Å². The van der Waals surface area contributed by atoms with Crippen LogP contribution in [0.4, 0.5) is 4.79 Å². The van der Waals surface area contributed by atoms with Gasteiger partial charge in [0.25, 0.3) is 5.91 Å². The van der Waals surface area contributed by atoms with Gasteiger partial charge in [-0.3, -0.25) is 14.5 Å². The van der Waals surface area contributed by atoms with E-state index in [0.29, 0.717) is 5.96 Å². The van der Waals surface area contributed by atoms with E-state index in [1.54, 1.807) is 14.0 Å². The number of likely N-dealkylation sites (N-methyl/N-ethyl adjacent to an activating group) is 1. The van der Waals surface area contributed by atoms with Crippen LogP contribution in [-0.4, -0.2) is 82.4 Å². The molecule has 9 nitrogen and oxygen atoms in total. The number of carbonyl (C=O) groups excluding carboxylic acids is 3. The highest BCUT2D eigenvalue weighted by Gasteiger charge is 2.54. The maximum Gasteiger partial charge on any atom is 0.328 e. The van der Waals surface area contributed by atoms with Gasteiger partial charge in [0.05, 0.1) is 13.0 Å². The molecule has 2 unspecified atom stereocenters. The fourth-order valence-electron chi connectivity index (χ4n) is 4.21. The number of hydrogen-bond donors (Lipinski definition) is 0. The summed E-state index contributed by atoms with van der Waals surface area (Å²) < 4.78 is 4.93. The molecule has 1 aromatic rings. The van der Waals surface area contributed by atoms with Crippen molar-refractivity contribution in [1.29, 1.82) is 0 Å². The molecule has 31 heavy (non-hydrogen) atoms. The molecule has 0 bridgehead atoms. The van der Waals surface area contributed by atoms with Gasteiger partial charge in [-0.25, -0.2) is 9.79 Å². The normalized spacial score (nSPS) is 22.4. The first kappa shape index (κ1) is 20.9. The third-order valence-corrected chi connectivity index (χ3v) is 5.81. The summed E-state index contributed by atoms with van der Waals surface area (Å²) in [6, 6.07) is 9.11. The van der Waals surface area contributed by atoms with E-state index in [2.05, 4.69) is 17.0 Å². The van der Waals surface area contributed by atoms with Gasteiger partial charge in [0.2, 0.25) is 5.96 Å². The zero-order valence-corrected chi connectivity index (χ0v) is 18.0. The van der Waals surface area contributed by atoms with Gasteiger partial charge < -0.3 is 19.4 Å². The van der Waals surface area contributed by atoms with Gasteiger partial charge in [-0.05, 0) is 25.8 Å². The van der Waals surface area contributed by atoms with Crippen LogP contribution in [0.15, 0.2) is 47.2 Å². The molecule has 0 radical (unpaired) electrons. The largest absolute Gasteiger partial charge is 0.466 e. The van der Waals surface area contributed by atoms with E-state index >= 15 is 0 Å². The lowest BCUT2D eigenvalue weighted by Gasteiger charge is -2.40. The number of fused-ring (bicyclic) bond motifs is 3. The molecule has 0 saturated carbocycles. The number of rotatable bonds is 7. The van der Waals surface area contributed by atoms with E-state index in [9.17, 15) is 14.4 Å². The molecule has 3 aliphatic rings. The standard InChI is InChI=1S/C22H27N5O4/c1-4-31-17(28)11-13-26-20(29)18-19(24(3)22(26)30)23-21-25(15(2)14-27(18)21)12-10-16-8-6-5-7-9-16/h5-9,14,18-19H,4,10-13H2,1-3H3. The van der Waals surface area contributed by atoms with Crippen LogP contribution in [0, 0.1) is 0 Å². The summed E-state index contributed by atoms with van der Waals surface area (Å²) in [5, 5.41) is 0. The smallest absolute Gasteiger partial charge is 0.328 e. The first-order valence-electron chi connectivity index (χ1n) is 10.5. The van der Waals surface area contributed by atoms with Gasteiger partial charge in [-0.1, -0.05) is 30.3 Å². The maximum atomic E-state index is 13.2. The monoisotopic (exact) mass is 425 g/mol. The molecule has 2 atom stereocenters. The molecule has 3 amide bonds. The lowest BCUT2D eigenvalue weighted by molar-refractivity contribution is -0.144. The summed E-state index contributed by atoms with van der Waals surface area (Å²) in [6.45, 7) is 4.68. The van der Waals surface area contributed by atoms with E-state index in [4.69, 9.17) is 9.73 Å². The van der Waals surface area contributed by atoms with Crippen LogP contribution in [0.2, 0.25) is 0 Å². The number of imide groups is 1. The molecule has 164 valence electrons. The Morgan fingerprint density at radius 3 is 2.58 bits per heavy atom. The van der Waals surface area contributed by atoms with Gasteiger partial charge in [-0.2, -0.15) is 0 Å². The van der Waals surface area contributed by atoms with Gasteiger partial charge in [0.1, 0.15) is 0 Å². The maximum absolute atomic E-state index is 13.2. The molecular weight excluding hydrogens is 398 g/mol. The summed E-state index contributed by atoms with van der Waals surface area (Å²) >= 11 is 0. The summed E-state index contributed by atoms with van der Waals surface area (Å²) in [5.74, 6) is -0.0889. The fourth-order valence-corrected chi connectivity index (χ4v) is 4.21. The van der Waals surface area contributed by atoms with Crippen LogP contribution in [0.5, 0.6) is 0 Å². The van der Waals surface area contributed by atoms with Crippen LogP contribution in [0.25, 0.3) is 0 Å². The first-order valence-corrected chi connectivity index (χ1v) is 10.5. The summed E-state index contributed by atoms with van der Waals surface area (Å²) in [7, 11) is 1.64. The predicted molar refractivity (Wildman–Crippen MR) is 114 cm³/mol. The van der Waals surface area contributed by atoms with Crippen LogP contribution < -0.4 is 0 Å². The minimum atomic E-state index is -0.628. The number of urea groups is 1. The predicted octanol–water partition coefficient (Wildman–Crippen LogP) is 1.62. The Bertz CT molecular complexity index is 944. The minimum Gasteiger partial charge on any atom is -0.466 e. The van der Waals surface area contributed by atoms with Crippen molar-refractivity contribution in [3.8, 4) is 0 Å². The number of allylic oxidation sites excluding steroid dienone is 1. The molecular formula is C22H27N5O4. The second-order valence-electron chi connectivity index (χ2n) is 7.79. The second-order valence-corrected chi connectivity index (χ2v) is 7.79. The number of ether oxygens (including phenoxy) is 1. The van der Waals surface area contributed by atoms with Crippen LogP contribution >= 0.6 is 0 Å². The highest BCUT2D eigenvalue weighted by molar-refractivity contribution is 6.05. The van der Waals surface area contributed by atoms with E-state index in [-0.39, 0.29) is 25.5 Å². The quantitative estimate of drug-likeness (QED) is 0.617. The average Bonchev–Trinajstić information content (AvgIpc) is 3.26. The number of guanidine groups is 1. The Labute approximate surface area is 181 Å². The Hall–Kier alpha value is -3.36. The molecule has 9 heteroatoms. The topological polar surface area (TPSA) is 85.8 Å². The zero-order valence-electron chi connectivity index (χ0n) is 18.0. The Morgan fingerprint density at radius 2 is 1.87 bits per heavy atom. The van der Waals surface area contributed by atoms with Gasteiger partial charge in [-0.15, -0.1) is 0 Å². The van der Waals surface area contributed by atoms with Gasteiger partial charge >= 0.3 is 12.0 Å². The molecule has 0 aliphatic carbocycles. The molecule has 1 saturated heterocycles. The van der Waals surface area contributed by atoms with Crippen molar-refractivity contribution in [2.75, 3.05) is 26.7 Å². The van der Waals surface area contributed by atoms with Crippen LogP contribution in [-0.2, 0) is 20.7 Å². The summed E-state index contributed by atoms with van der Waals surface area (Å²) in [4.78, 5) is 49.0. The third kappa shape index (κ3) is 3.75. The SMILES string of the molecule is CCOC(=O)CCN1C(=O)C2C(N=C3N(CCc4ccccc4)C(C)=CN32)N(C)C1=O. The van der Waals surface area contributed by atoms with Crippen molar-refractivity contribution in [3.05, 3.63) is 47.8 Å². The lowest BCUT2D eigenvalue weighted by atomic mass is 10.1. The van der Waals surface area contributed by atoms with Crippen molar-refractivity contribution >= 4 is 23.9 Å². The zero-order chi connectivity index (χ0) is 22.1. The van der Waals surface area contributed by atoms with Crippen molar-refractivity contribution in [3.63, 3.8) is 0 Å². The van der Waals surface area contributed by atoms with E-state index in [1.807, 2.05) is 36.2 Å². The van der Waals surface area contributed by atoms with Crippen molar-refractivity contribution in [1.82, 2.24) is 19.6 Å². The fraction of sp³-hybridized carbons (Fsp3) is 0.455. The summed E-state index contributed by atoms with van der Waals surface area (Å²) in [5.41, 5.74) is 2.22. The first-order chi connectivity index (χ1) is 14.9. The number of nitrogens with zero attached hydrogens (tertiary/aromatic N) is 5. The van der Waals surface area contributed by atoms with Crippen molar-refractivity contribution < 1.29 is 19.1 Å². The molecule has 0 N–H and O–H groups in total. The third-order valence-electron chi connectivity index (χ3n) is 5.81. The van der Waals surface area contributed by atoms with Crippen LogP contribution in [0.1, 0.15) is 25.8 Å². The number of esters is 1. The number of hydrogen-bond acceptors (Lipinski definition) is 7. The van der Waals surface area contributed by atoms with E-state index < -0.39 is 24.2 Å². The molecule has 4 rings (SSSR count). The van der Waals surface area contributed by atoms with Gasteiger partial charge in [0.15, 0.2) is 12.2 Å². The molecule has 3 heterocycles. The highest BCUT2D eigenvalue weighted by Crippen LogP contribution is 2.34. The number of amides is 3. The van der Waals surface area contributed by atoms with Crippen molar-refractivity contribution in [2.24, 2.45) is 4.99 Å². The molecule has 3 aliphatic heterocycles. The Kier molecular flexibility index (Phi) is 5.67. The lowest BCUT2D eigenvalue weighted by Crippen LogP contribution is -2.64. The average molecular weight is 425 g/mol. The molecule has 1 aromatic carbocycles. The Morgan fingerprint density at radius 1 is 1.13 bits per heavy atom. The minimum absolute atomic E-state index is 0.00630. The van der Waals surface area contributed by atoms with E-state index in [0.717, 1.165) is 23.6 Å². The highest BCUT2D eigenvalue weighted by atomic mass is 16.5.